The van der Waals surface area contributed by atoms with E-state index in [0.29, 0.717) is 0 Å². The molecule has 1 heterocycles. The van der Waals surface area contributed by atoms with E-state index in [2.05, 4.69) is 10.2 Å². The van der Waals surface area contributed by atoms with Gasteiger partial charge in [0.2, 0.25) is 0 Å². The van der Waals surface area contributed by atoms with Gasteiger partial charge in [-0.2, -0.15) is 0 Å². The summed E-state index contributed by atoms with van der Waals surface area (Å²) in [5.41, 5.74) is 2.27. The lowest BCUT2D eigenvalue weighted by Gasteiger charge is -2.09. The molecule has 1 aliphatic rings. The minimum Gasteiger partial charge on any atom is -0.348 e. The molecule has 1 aliphatic heterocycles. The van der Waals surface area contributed by atoms with Crippen LogP contribution in [-0.2, 0) is 0 Å². The van der Waals surface area contributed by atoms with Gasteiger partial charge in [-0.3, -0.25) is 0 Å². The van der Waals surface area contributed by atoms with E-state index >= 15 is 0 Å². The largest absolute Gasteiger partial charge is 0.348 e. The number of para-hydroxylation sites is 1. The monoisotopic (exact) mass is 129 g/mol. The molecule has 0 aliphatic carbocycles. The van der Waals surface area contributed by atoms with Gasteiger partial charge in [0.05, 0.1) is 6.34 Å². The molecule has 0 fully saturated rings. The van der Waals surface area contributed by atoms with Crippen molar-refractivity contribution < 1.29 is 0 Å². The maximum absolute atomic E-state index is 3.96. The summed E-state index contributed by atoms with van der Waals surface area (Å²) >= 11 is 0. The quantitative estimate of drug-likeness (QED) is 0.503. The highest BCUT2D eigenvalue weighted by molar-refractivity contribution is 6.56. The molecule has 10 heavy (non-hydrogen) atoms. The van der Waals surface area contributed by atoms with E-state index in [-0.39, 0.29) is 0 Å². The van der Waals surface area contributed by atoms with Crippen molar-refractivity contribution in [3.63, 3.8) is 0 Å². The molecular weight excluding hydrogens is 123 g/mol. The van der Waals surface area contributed by atoms with E-state index in [1.165, 1.54) is 0 Å². The number of rotatable bonds is 0. The Balaban J connectivity index is 2.47. The molecule has 0 aromatic heterocycles. The number of hydrogen-bond acceptors (Lipinski definition) is 2. The van der Waals surface area contributed by atoms with Crippen LogP contribution in [0.15, 0.2) is 29.2 Å². The molecule has 3 heteroatoms. The fourth-order valence-electron chi connectivity index (χ4n) is 0.965. The first kappa shape index (κ1) is 5.53. The van der Waals surface area contributed by atoms with Crippen molar-refractivity contribution in [3.8, 4) is 0 Å². The molecule has 1 N–H and O–H groups in total. The molecule has 0 saturated heterocycles. The average Bonchev–Trinajstić information content (AvgIpc) is 2.05. The number of hydrogen-bond donors (Lipinski definition) is 1. The molecular formula is C7H6BN2. The maximum atomic E-state index is 3.96. The van der Waals surface area contributed by atoms with Gasteiger partial charge >= 0.3 is 7.41 Å². The second-order valence-electron chi connectivity index (χ2n) is 2.14. The Morgan fingerprint density at radius 3 is 3.10 bits per heavy atom. The van der Waals surface area contributed by atoms with E-state index in [4.69, 9.17) is 0 Å². The molecule has 0 saturated carbocycles. The van der Waals surface area contributed by atoms with E-state index in [1.807, 2.05) is 31.7 Å². The van der Waals surface area contributed by atoms with Crippen LogP contribution in [0.25, 0.3) is 0 Å². The van der Waals surface area contributed by atoms with Crippen LogP contribution in [0.2, 0.25) is 0 Å². The molecule has 1 aromatic rings. The summed E-state index contributed by atoms with van der Waals surface area (Å²) in [6.07, 6.45) is 1.68. The lowest BCUT2D eigenvalue weighted by Crippen LogP contribution is -2.22. The smallest absolute Gasteiger partial charge is 0.316 e. The van der Waals surface area contributed by atoms with Crippen molar-refractivity contribution >= 4 is 24.9 Å². The van der Waals surface area contributed by atoms with Crippen LogP contribution in [0.5, 0.6) is 0 Å². The molecule has 0 bridgehead atoms. The Morgan fingerprint density at radius 1 is 1.30 bits per heavy atom. The molecule has 47 valence electrons. The van der Waals surface area contributed by atoms with Gasteiger partial charge in [-0.05, 0) is 11.5 Å². The first-order valence-corrected chi connectivity index (χ1v) is 3.17. The fraction of sp³-hybridized carbons (Fsp3) is 0. The number of anilines is 1. The summed E-state index contributed by atoms with van der Waals surface area (Å²) < 4.78 is 0. The Bertz CT molecular complexity index is 243. The van der Waals surface area contributed by atoms with Gasteiger partial charge < -0.3 is 10.2 Å². The zero-order valence-electron chi connectivity index (χ0n) is 5.41. The van der Waals surface area contributed by atoms with Gasteiger partial charge in [-0.15, -0.1) is 0 Å². The summed E-state index contributed by atoms with van der Waals surface area (Å²) in [5, 5.41) is 3.04. The predicted octanol–water partition coefficient (Wildman–Crippen LogP) is 0.385. The second-order valence-corrected chi connectivity index (χ2v) is 2.14. The fourth-order valence-corrected chi connectivity index (χ4v) is 0.965. The lowest BCUT2D eigenvalue weighted by atomic mass is 9.82. The number of nitrogens with zero attached hydrogens (tertiary/aromatic N) is 1. The topological polar surface area (TPSA) is 24.4 Å². The molecule has 0 unspecified atom stereocenters. The first-order valence-electron chi connectivity index (χ1n) is 3.17. The standard InChI is InChI=1S/C7H6BN2/c1-2-4-7-6(3-1)8-10-5-9-7/h1-5H,(H,9,10). The lowest BCUT2D eigenvalue weighted by molar-refractivity contribution is 1.64. The van der Waals surface area contributed by atoms with Gasteiger partial charge in [0.1, 0.15) is 0 Å². The van der Waals surface area contributed by atoms with Gasteiger partial charge in [0, 0.05) is 5.69 Å². The SMILES string of the molecule is [B]1N=CNc2ccccc21. The van der Waals surface area contributed by atoms with Gasteiger partial charge in [-0.1, -0.05) is 18.2 Å². The zero-order chi connectivity index (χ0) is 6.81. The Hall–Kier alpha value is -1.25. The minimum absolute atomic E-state index is 1.12. The van der Waals surface area contributed by atoms with Gasteiger partial charge in [-0.25, -0.2) is 0 Å². The van der Waals surface area contributed by atoms with Crippen LogP contribution in [0.3, 0.4) is 0 Å². The zero-order valence-corrected chi connectivity index (χ0v) is 5.41. The molecule has 0 atom stereocenters. The third-order valence-electron chi connectivity index (χ3n) is 1.47. The Labute approximate surface area is 60.2 Å². The highest BCUT2D eigenvalue weighted by Crippen LogP contribution is 2.02. The van der Waals surface area contributed by atoms with Crippen molar-refractivity contribution in [1.29, 1.82) is 0 Å². The highest BCUT2D eigenvalue weighted by Gasteiger charge is 2.03. The molecule has 1 radical (unpaired) electrons. The third kappa shape index (κ3) is 0.797. The van der Waals surface area contributed by atoms with E-state index < -0.39 is 0 Å². The third-order valence-corrected chi connectivity index (χ3v) is 1.47. The Morgan fingerprint density at radius 2 is 2.20 bits per heavy atom. The normalized spacial score (nSPS) is 13.2. The maximum Gasteiger partial charge on any atom is 0.316 e. The molecule has 0 amide bonds. The van der Waals surface area contributed by atoms with E-state index in [1.54, 1.807) is 6.34 Å². The number of nitrogens with one attached hydrogen (secondary N) is 1. The van der Waals surface area contributed by atoms with E-state index in [9.17, 15) is 0 Å². The summed E-state index contributed by atoms with van der Waals surface area (Å²) in [5.74, 6) is 0. The molecule has 1 aromatic carbocycles. The van der Waals surface area contributed by atoms with Crippen LogP contribution in [-0.4, -0.2) is 13.8 Å². The van der Waals surface area contributed by atoms with Crippen LogP contribution in [0, 0.1) is 0 Å². The highest BCUT2D eigenvalue weighted by atomic mass is 14.9. The second kappa shape index (κ2) is 2.18. The number of benzene rings is 1. The van der Waals surface area contributed by atoms with Crippen molar-refractivity contribution in [1.82, 2.24) is 0 Å². The van der Waals surface area contributed by atoms with Crippen LogP contribution in [0.4, 0.5) is 5.69 Å². The Kier molecular flexibility index (Phi) is 1.20. The molecule has 2 rings (SSSR count). The molecule has 2 nitrogen and oxygen atoms in total. The first-order chi connectivity index (χ1) is 4.97. The number of fused-ring (bicyclic) bond motifs is 1. The van der Waals surface area contributed by atoms with Gasteiger partial charge in [0.15, 0.2) is 0 Å². The summed E-state index contributed by atoms with van der Waals surface area (Å²) in [6.45, 7) is 0. The summed E-state index contributed by atoms with van der Waals surface area (Å²) in [7, 11) is 1.84. The molecule has 0 spiro atoms. The average molecular weight is 129 g/mol. The van der Waals surface area contributed by atoms with Crippen LogP contribution < -0.4 is 10.8 Å². The van der Waals surface area contributed by atoms with Crippen molar-refractivity contribution in [2.45, 2.75) is 0 Å². The van der Waals surface area contributed by atoms with Crippen molar-refractivity contribution in [2.24, 2.45) is 4.90 Å². The van der Waals surface area contributed by atoms with Crippen LogP contribution in [0.1, 0.15) is 0 Å². The van der Waals surface area contributed by atoms with E-state index in [0.717, 1.165) is 11.2 Å². The summed E-state index contributed by atoms with van der Waals surface area (Å²) in [6, 6.07) is 8.05. The van der Waals surface area contributed by atoms with Gasteiger partial charge in [0.25, 0.3) is 0 Å². The van der Waals surface area contributed by atoms with Crippen molar-refractivity contribution in [2.75, 3.05) is 5.32 Å². The van der Waals surface area contributed by atoms with Crippen LogP contribution >= 0.6 is 0 Å². The minimum atomic E-state index is 1.12. The summed E-state index contributed by atoms with van der Waals surface area (Å²) in [4.78, 5) is 3.96. The van der Waals surface area contributed by atoms with Crippen molar-refractivity contribution in [3.05, 3.63) is 24.3 Å². The predicted molar refractivity (Wildman–Crippen MR) is 43.9 cm³/mol.